The van der Waals surface area contributed by atoms with Crippen molar-refractivity contribution in [1.82, 2.24) is 0 Å². The second-order valence-electron chi connectivity index (χ2n) is 5.68. The third-order valence-corrected chi connectivity index (χ3v) is 3.06. The fraction of sp³-hybridized carbons (Fsp3) is 0.438. The van der Waals surface area contributed by atoms with Crippen LogP contribution in [0.25, 0.3) is 0 Å². The molecular formula is C16H21NO2. The second-order valence-corrected chi connectivity index (χ2v) is 5.68. The fourth-order valence-electron chi connectivity index (χ4n) is 2.09. The van der Waals surface area contributed by atoms with Crippen LogP contribution in [0, 0.1) is 33.1 Å². The zero-order valence-electron chi connectivity index (χ0n) is 12.5. The van der Waals surface area contributed by atoms with Gasteiger partial charge < -0.3 is 10.5 Å². The number of hydrogen-bond acceptors (Lipinski definition) is 3. The minimum absolute atomic E-state index is 0.384. The van der Waals surface area contributed by atoms with Crippen molar-refractivity contribution in [2.45, 2.75) is 47.1 Å². The predicted octanol–water partition coefficient (Wildman–Crippen LogP) is 3.13. The van der Waals surface area contributed by atoms with E-state index >= 15 is 0 Å². The van der Waals surface area contributed by atoms with Gasteiger partial charge in [0, 0.05) is 11.3 Å². The van der Waals surface area contributed by atoms with Crippen LogP contribution in [-0.4, -0.2) is 11.6 Å². The highest BCUT2D eigenvalue weighted by Gasteiger charge is 2.24. The van der Waals surface area contributed by atoms with Crippen LogP contribution in [-0.2, 0) is 4.74 Å². The number of ether oxygens (including phenoxy) is 1. The normalized spacial score (nSPS) is 11.0. The summed E-state index contributed by atoms with van der Waals surface area (Å²) in [5.74, 6) is 2.22. The van der Waals surface area contributed by atoms with Gasteiger partial charge in [-0.3, -0.25) is 0 Å². The van der Waals surface area contributed by atoms with Gasteiger partial charge in [-0.2, -0.15) is 0 Å². The molecule has 0 bridgehead atoms. The topological polar surface area (TPSA) is 52.3 Å². The van der Waals surface area contributed by atoms with Crippen LogP contribution in [0.4, 0.5) is 5.69 Å². The molecule has 0 aliphatic rings. The van der Waals surface area contributed by atoms with Crippen molar-refractivity contribution in [3.8, 4) is 12.3 Å². The SMILES string of the molecule is C#Cc1c(C)c(N)c(C)c(C(=O)OC(C)(C)C)c1C. The molecule has 102 valence electrons. The predicted molar refractivity (Wildman–Crippen MR) is 78.2 cm³/mol. The standard InChI is InChI=1S/C16H21NO2/c1-8-12-9(2)13(11(4)14(17)10(12)3)15(18)19-16(5,6)7/h1H,17H2,2-7H3. The Bertz CT molecular complexity index is 572. The van der Waals surface area contributed by atoms with E-state index in [0.717, 1.165) is 16.7 Å². The summed E-state index contributed by atoms with van der Waals surface area (Å²) in [7, 11) is 0. The molecule has 0 unspecified atom stereocenters. The van der Waals surface area contributed by atoms with E-state index in [-0.39, 0.29) is 5.97 Å². The Morgan fingerprint density at radius 1 is 1.16 bits per heavy atom. The lowest BCUT2D eigenvalue weighted by Gasteiger charge is -2.22. The summed E-state index contributed by atoms with van der Waals surface area (Å²) in [6.45, 7) is 11.0. The van der Waals surface area contributed by atoms with E-state index in [0.29, 0.717) is 16.8 Å². The molecule has 0 fully saturated rings. The first kappa shape index (κ1) is 15.1. The average Bonchev–Trinajstić information content (AvgIpc) is 2.24. The number of esters is 1. The van der Waals surface area contributed by atoms with Gasteiger partial charge in [-0.25, -0.2) is 4.79 Å². The Kier molecular flexibility index (Phi) is 3.95. The van der Waals surface area contributed by atoms with Crippen LogP contribution >= 0.6 is 0 Å². The molecule has 0 atom stereocenters. The monoisotopic (exact) mass is 259 g/mol. The molecule has 0 saturated carbocycles. The van der Waals surface area contributed by atoms with E-state index in [9.17, 15) is 4.79 Å². The number of carbonyl (C=O) groups is 1. The average molecular weight is 259 g/mol. The fourth-order valence-corrected chi connectivity index (χ4v) is 2.09. The molecule has 0 radical (unpaired) electrons. The molecule has 2 N–H and O–H groups in total. The van der Waals surface area contributed by atoms with E-state index in [4.69, 9.17) is 16.9 Å². The molecule has 0 spiro atoms. The second kappa shape index (κ2) is 4.97. The van der Waals surface area contributed by atoms with Gasteiger partial charge in [-0.15, -0.1) is 6.42 Å². The molecule has 1 aromatic rings. The summed E-state index contributed by atoms with van der Waals surface area (Å²) in [5.41, 5.74) is 9.49. The van der Waals surface area contributed by atoms with Crippen LogP contribution in [0.1, 0.15) is 53.4 Å². The number of nitrogen functional groups attached to an aromatic ring is 1. The molecule has 0 amide bonds. The minimum Gasteiger partial charge on any atom is -0.456 e. The van der Waals surface area contributed by atoms with E-state index in [1.165, 1.54) is 0 Å². The maximum Gasteiger partial charge on any atom is 0.339 e. The van der Waals surface area contributed by atoms with Crippen molar-refractivity contribution in [1.29, 1.82) is 0 Å². The van der Waals surface area contributed by atoms with Gasteiger partial charge in [0.05, 0.1) is 5.56 Å². The van der Waals surface area contributed by atoms with E-state index in [2.05, 4.69) is 5.92 Å². The van der Waals surface area contributed by atoms with Gasteiger partial charge in [0.2, 0.25) is 0 Å². The van der Waals surface area contributed by atoms with E-state index in [1.54, 1.807) is 0 Å². The minimum atomic E-state index is -0.550. The van der Waals surface area contributed by atoms with Gasteiger partial charge in [0.25, 0.3) is 0 Å². The van der Waals surface area contributed by atoms with Gasteiger partial charge >= 0.3 is 5.97 Å². The number of benzene rings is 1. The Morgan fingerprint density at radius 2 is 1.68 bits per heavy atom. The number of rotatable bonds is 1. The number of terminal acetylenes is 1. The number of carbonyl (C=O) groups excluding carboxylic acids is 1. The summed E-state index contributed by atoms with van der Waals surface area (Å²) >= 11 is 0. The highest BCUT2D eigenvalue weighted by Crippen LogP contribution is 2.29. The molecule has 3 nitrogen and oxygen atoms in total. The maximum atomic E-state index is 12.3. The quantitative estimate of drug-likeness (QED) is 0.479. The smallest absolute Gasteiger partial charge is 0.339 e. The van der Waals surface area contributed by atoms with Crippen molar-refractivity contribution < 1.29 is 9.53 Å². The number of anilines is 1. The Labute approximate surface area is 115 Å². The molecule has 3 heteroatoms. The van der Waals surface area contributed by atoms with Crippen LogP contribution in [0.5, 0.6) is 0 Å². The number of nitrogens with two attached hydrogens (primary N) is 1. The van der Waals surface area contributed by atoms with E-state index in [1.807, 2.05) is 41.5 Å². The zero-order chi connectivity index (χ0) is 15.0. The van der Waals surface area contributed by atoms with Gasteiger partial charge in [0.1, 0.15) is 5.60 Å². The molecule has 0 aliphatic carbocycles. The van der Waals surface area contributed by atoms with Crippen molar-refractivity contribution in [3.05, 3.63) is 27.8 Å². The Hall–Kier alpha value is -1.95. The van der Waals surface area contributed by atoms with Crippen LogP contribution < -0.4 is 5.73 Å². The van der Waals surface area contributed by atoms with E-state index < -0.39 is 5.60 Å². The third-order valence-electron chi connectivity index (χ3n) is 3.06. The maximum absolute atomic E-state index is 12.3. The summed E-state index contributed by atoms with van der Waals surface area (Å²) in [6, 6.07) is 0. The van der Waals surface area contributed by atoms with Crippen LogP contribution in [0.2, 0.25) is 0 Å². The first-order valence-corrected chi connectivity index (χ1v) is 6.19. The molecule has 0 heterocycles. The largest absolute Gasteiger partial charge is 0.456 e. The van der Waals surface area contributed by atoms with Crippen LogP contribution in [0.3, 0.4) is 0 Å². The molecule has 19 heavy (non-hydrogen) atoms. The molecule has 1 rings (SSSR count). The molecule has 1 aromatic carbocycles. The van der Waals surface area contributed by atoms with Crippen LogP contribution in [0.15, 0.2) is 0 Å². The number of hydrogen-bond donors (Lipinski definition) is 1. The lowest BCUT2D eigenvalue weighted by Crippen LogP contribution is -2.25. The summed E-state index contributed by atoms with van der Waals surface area (Å²) in [6.07, 6.45) is 5.51. The molecule has 0 aliphatic heterocycles. The lowest BCUT2D eigenvalue weighted by molar-refractivity contribution is 0.00680. The summed E-state index contributed by atoms with van der Waals surface area (Å²) in [5, 5.41) is 0. The molecule has 0 aromatic heterocycles. The first-order valence-electron chi connectivity index (χ1n) is 6.19. The molecule has 0 saturated heterocycles. The molecular weight excluding hydrogens is 238 g/mol. The first-order chi connectivity index (χ1) is 8.60. The summed E-state index contributed by atoms with van der Waals surface area (Å²) in [4.78, 5) is 12.3. The Balaban J connectivity index is 3.49. The highest BCUT2D eigenvalue weighted by molar-refractivity contribution is 5.96. The lowest BCUT2D eigenvalue weighted by atomic mass is 9.91. The van der Waals surface area contributed by atoms with Crippen molar-refractivity contribution >= 4 is 11.7 Å². The van der Waals surface area contributed by atoms with Crippen molar-refractivity contribution in [2.24, 2.45) is 0 Å². The Morgan fingerprint density at radius 3 is 2.11 bits per heavy atom. The van der Waals surface area contributed by atoms with Crippen molar-refractivity contribution in [2.75, 3.05) is 5.73 Å². The van der Waals surface area contributed by atoms with Crippen molar-refractivity contribution in [3.63, 3.8) is 0 Å². The zero-order valence-corrected chi connectivity index (χ0v) is 12.5. The van der Waals surface area contributed by atoms with Gasteiger partial charge in [-0.1, -0.05) is 5.92 Å². The third kappa shape index (κ3) is 2.90. The van der Waals surface area contributed by atoms with Gasteiger partial charge in [-0.05, 0) is 58.2 Å². The highest BCUT2D eigenvalue weighted by atomic mass is 16.6. The van der Waals surface area contributed by atoms with Gasteiger partial charge in [0.15, 0.2) is 0 Å². The summed E-state index contributed by atoms with van der Waals surface area (Å²) < 4.78 is 5.42.